The summed E-state index contributed by atoms with van der Waals surface area (Å²) in [6.45, 7) is 7.67. The number of ketones is 1. The highest BCUT2D eigenvalue weighted by atomic mass is 16.1. The predicted octanol–water partition coefficient (Wildman–Crippen LogP) is 4.56. The van der Waals surface area contributed by atoms with Crippen LogP contribution in [0.5, 0.6) is 0 Å². The molecule has 0 fully saturated rings. The number of nitrogens with zero attached hydrogens (tertiary/aromatic N) is 1. The molecule has 24 heavy (non-hydrogen) atoms. The number of para-hydroxylation sites is 1. The number of rotatable bonds is 5. The number of allylic oxidation sites excluding steroid dienone is 1. The second kappa shape index (κ2) is 8.74. The first kappa shape index (κ1) is 17.6. The first-order valence-corrected chi connectivity index (χ1v) is 8.29. The van der Waals surface area contributed by atoms with Crippen molar-refractivity contribution in [2.45, 2.75) is 20.8 Å². The Morgan fingerprint density at radius 1 is 1.00 bits per heavy atom. The third-order valence-electron chi connectivity index (χ3n) is 3.84. The van der Waals surface area contributed by atoms with Crippen LogP contribution in [-0.2, 0) is 4.79 Å². The molecule has 0 N–H and O–H groups in total. The fourth-order valence-electron chi connectivity index (χ4n) is 2.50. The molecule has 0 aliphatic heterocycles. The van der Waals surface area contributed by atoms with Crippen LogP contribution in [0.2, 0.25) is 0 Å². The maximum atomic E-state index is 12.0. The Balaban J connectivity index is 2.43. The van der Waals surface area contributed by atoms with Gasteiger partial charge in [0.05, 0.1) is 5.57 Å². The van der Waals surface area contributed by atoms with Crippen LogP contribution in [0.1, 0.15) is 31.9 Å². The lowest BCUT2D eigenvalue weighted by Gasteiger charge is -2.23. The van der Waals surface area contributed by atoms with E-state index in [1.54, 1.807) is 6.92 Å². The van der Waals surface area contributed by atoms with E-state index in [0.717, 1.165) is 29.9 Å². The van der Waals surface area contributed by atoms with Crippen molar-refractivity contribution >= 4 is 17.5 Å². The molecule has 0 aliphatic rings. The van der Waals surface area contributed by atoms with Crippen molar-refractivity contribution in [1.82, 2.24) is 0 Å². The fraction of sp³-hybridized carbons (Fsp3) is 0.227. The van der Waals surface area contributed by atoms with E-state index in [1.807, 2.05) is 54.6 Å². The Morgan fingerprint density at radius 2 is 1.62 bits per heavy atom. The highest BCUT2D eigenvalue weighted by molar-refractivity contribution is 6.03. The third kappa shape index (κ3) is 4.60. The predicted molar refractivity (Wildman–Crippen MR) is 102 cm³/mol. The Hall–Kier alpha value is -2.79. The summed E-state index contributed by atoms with van der Waals surface area (Å²) in [4.78, 5) is 14.3. The molecule has 122 valence electrons. The normalized spacial score (nSPS) is 10.7. The van der Waals surface area contributed by atoms with E-state index in [9.17, 15) is 4.79 Å². The van der Waals surface area contributed by atoms with E-state index in [1.165, 1.54) is 0 Å². The van der Waals surface area contributed by atoms with E-state index in [4.69, 9.17) is 0 Å². The van der Waals surface area contributed by atoms with Gasteiger partial charge in [-0.1, -0.05) is 48.2 Å². The van der Waals surface area contributed by atoms with Crippen LogP contribution >= 0.6 is 0 Å². The van der Waals surface area contributed by atoms with Gasteiger partial charge in [-0.25, -0.2) is 0 Å². The van der Waals surface area contributed by atoms with Gasteiger partial charge in [-0.05, 0) is 50.6 Å². The topological polar surface area (TPSA) is 20.3 Å². The molecule has 0 bridgehead atoms. The summed E-state index contributed by atoms with van der Waals surface area (Å²) in [7, 11) is 0. The van der Waals surface area contributed by atoms with E-state index >= 15 is 0 Å². The molecule has 0 radical (unpaired) electrons. The van der Waals surface area contributed by atoms with E-state index in [-0.39, 0.29) is 5.78 Å². The van der Waals surface area contributed by atoms with Crippen molar-refractivity contribution < 1.29 is 4.79 Å². The van der Waals surface area contributed by atoms with Crippen molar-refractivity contribution in [3.05, 3.63) is 71.3 Å². The first-order chi connectivity index (χ1) is 11.7. The summed E-state index contributed by atoms with van der Waals surface area (Å²) in [5.41, 5.74) is 3.58. The highest BCUT2D eigenvalue weighted by Gasteiger charge is 2.08. The van der Waals surface area contributed by atoms with Gasteiger partial charge < -0.3 is 4.90 Å². The monoisotopic (exact) mass is 317 g/mol. The van der Waals surface area contributed by atoms with Gasteiger partial charge in [-0.2, -0.15) is 0 Å². The van der Waals surface area contributed by atoms with Crippen molar-refractivity contribution in [3.63, 3.8) is 0 Å². The third-order valence-corrected chi connectivity index (χ3v) is 3.84. The van der Waals surface area contributed by atoms with E-state index < -0.39 is 0 Å². The number of carbonyl (C=O) groups is 1. The SMILES string of the molecule is CCN(CC)c1ccccc1/C=C(\C#Cc1ccccc1)C(C)=O. The number of anilines is 1. The van der Waals surface area contributed by atoms with Gasteiger partial charge in [0.15, 0.2) is 5.78 Å². The van der Waals surface area contributed by atoms with Crippen molar-refractivity contribution in [2.24, 2.45) is 0 Å². The van der Waals surface area contributed by atoms with E-state index in [0.29, 0.717) is 5.57 Å². The maximum Gasteiger partial charge on any atom is 0.168 e. The van der Waals surface area contributed by atoms with Crippen molar-refractivity contribution in [1.29, 1.82) is 0 Å². The first-order valence-electron chi connectivity index (χ1n) is 8.29. The lowest BCUT2D eigenvalue weighted by molar-refractivity contribution is -0.113. The second-order valence-electron chi connectivity index (χ2n) is 5.46. The largest absolute Gasteiger partial charge is 0.372 e. The minimum Gasteiger partial charge on any atom is -0.372 e. The molecule has 0 heterocycles. The molecule has 0 saturated carbocycles. The molecule has 2 rings (SSSR count). The van der Waals surface area contributed by atoms with Gasteiger partial charge in [-0.3, -0.25) is 4.79 Å². The Morgan fingerprint density at radius 3 is 2.25 bits per heavy atom. The fourth-order valence-corrected chi connectivity index (χ4v) is 2.50. The lowest BCUT2D eigenvalue weighted by atomic mass is 10.1. The van der Waals surface area contributed by atoms with Crippen LogP contribution in [-0.4, -0.2) is 18.9 Å². The van der Waals surface area contributed by atoms with Gasteiger partial charge in [0, 0.05) is 24.3 Å². The van der Waals surface area contributed by atoms with Gasteiger partial charge in [0.1, 0.15) is 0 Å². The zero-order chi connectivity index (χ0) is 17.4. The van der Waals surface area contributed by atoms with Crippen LogP contribution in [0.3, 0.4) is 0 Å². The van der Waals surface area contributed by atoms with Crippen LogP contribution in [0.4, 0.5) is 5.69 Å². The molecule has 2 nitrogen and oxygen atoms in total. The molecule has 0 saturated heterocycles. The maximum absolute atomic E-state index is 12.0. The summed E-state index contributed by atoms with van der Waals surface area (Å²) in [5, 5.41) is 0. The molecule has 0 aliphatic carbocycles. The zero-order valence-corrected chi connectivity index (χ0v) is 14.5. The summed E-state index contributed by atoms with van der Waals surface area (Å²) in [6.07, 6.45) is 1.89. The van der Waals surface area contributed by atoms with Crippen LogP contribution in [0.15, 0.2) is 60.2 Å². The molecular formula is C22H23NO. The van der Waals surface area contributed by atoms with Crippen LogP contribution in [0, 0.1) is 11.8 Å². The molecule has 2 aromatic carbocycles. The summed E-state index contributed by atoms with van der Waals surface area (Å²) in [5.74, 6) is 6.08. The summed E-state index contributed by atoms with van der Waals surface area (Å²) >= 11 is 0. The van der Waals surface area contributed by atoms with Crippen LogP contribution < -0.4 is 4.90 Å². The highest BCUT2D eigenvalue weighted by Crippen LogP contribution is 2.23. The minimum absolute atomic E-state index is 0.0206. The number of benzene rings is 2. The van der Waals surface area contributed by atoms with Gasteiger partial charge in [-0.15, -0.1) is 0 Å². The number of Topliss-reactive ketones (excluding diaryl/α,β-unsaturated/α-hetero) is 1. The Bertz CT molecular complexity index is 774. The number of carbonyl (C=O) groups excluding carboxylic acids is 1. The molecule has 0 atom stereocenters. The van der Waals surface area contributed by atoms with Gasteiger partial charge in [0.2, 0.25) is 0 Å². The molecule has 2 aromatic rings. The van der Waals surface area contributed by atoms with Gasteiger partial charge >= 0.3 is 0 Å². The van der Waals surface area contributed by atoms with Gasteiger partial charge in [0.25, 0.3) is 0 Å². The summed E-state index contributed by atoms with van der Waals surface area (Å²) in [6, 6.07) is 17.8. The lowest BCUT2D eigenvalue weighted by Crippen LogP contribution is -2.22. The average Bonchev–Trinajstić information content (AvgIpc) is 2.61. The zero-order valence-electron chi connectivity index (χ0n) is 14.5. The molecule has 0 unspecified atom stereocenters. The molecule has 0 amide bonds. The van der Waals surface area contributed by atoms with Crippen LogP contribution in [0.25, 0.3) is 6.08 Å². The summed E-state index contributed by atoms with van der Waals surface area (Å²) < 4.78 is 0. The van der Waals surface area contributed by atoms with Crippen molar-refractivity contribution in [3.8, 4) is 11.8 Å². The average molecular weight is 317 g/mol. The van der Waals surface area contributed by atoms with E-state index in [2.05, 4.69) is 36.7 Å². The quantitative estimate of drug-likeness (QED) is 0.595. The smallest absolute Gasteiger partial charge is 0.168 e. The minimum atomic E-state index is -0.0206. The standard InChI is InChI=1S/C22H23NO/c1-4-23(5-2)22-14-10-9-13-21(22)17-20(18(3)24)16-15-19-11-7-6-8-12-19/h6-14,17H,4-5H2,1-3H3/b20-17+. The molecule has 0 spiro atoms. The molecular weight excluding hydrogens is 294 g/mol. The second-order valence-corrected chi connectivity index (χ2v) is 5.46. The number of hydrogen-bond donors (Lipinski definition) is 0. The number of hydrogen-bond acceptors (Lipinski definition) is 2. The van der Waals surface area contributed by atoms with Crippen molar-refractivity contribution in [2.75, 3.05) is 18.0 Å². The molecule has 2 heteroatoms. The Labute approximate surface area is 144 Å². The molecule has 0 aromatic heterocycles. The Kier molecular flexibility index (Phi) is 6.40.